The summed E-state index contributed by atoms with van der Waals surface area (Å²) in [4.78, 5) is 0. The number of hydrogen-bond donors (Lipinski definition) is 3. The van der Waals surface area contributed by atoms with Crippen molar-refractivity contribution in [3.8, 4) is 0 Å². The number of rotatable bonds is 10. The lowest BCUT2D eigenvalue weighted by molar-refractivity contribution is -0.160. The average molecular weight is 217 g/mol. The van der Waals surface area contributed by atoms with E-state index in [1.165, 1.54) is 44.9 Å². The van der Waals surface area contributed by atoms with Crippen molar-refractivity contribution in [1.82, 2.24) is 0 Å². The van der Waals surface area contributed by atoms with E-state index >= 15 is 0 Å². The number of aliphatic hydroxyl groups is 2. The molecule has 0 atom stereocenters. The van der Waals surface area contributed by atoms with Crippen molar-refractivity contribution in [1.29, 1.82) is 0 Å². The summed E-state index contributed by atoms with van der Waals surface area (Å²) in [6.07, 6.45) is 11.2. The SMILES string of the molecule is CCCCCCCCCCCC(N)(O)O. The highest BCUT2D eigenvalue weighted by atomic mass is 16.5. The highest BCUT2D eigenvalue weighted by Gasteiger charge is 2.13. The molecule has 4 N–H and O–H groups in total. The van der Waals surface area contributed by atoms with Gasteiger partial charge in [0.1, 0.15) is 0 Å². The topological polar surface area (TPSA) is 66.5 Å². The molecule has 15 heavy (non-hydrogen) atoms. The van der Waals surface area contributed by atoms with Gasteiger partial charge in [-0.2, -0.15) is 0 Å². The predicted molar refractivity (Wildman–Crippen MR) is 63.2 cm³/mol. The van der Waals surface area contributed by atoms with Crippen molar-refractivity contribution in [2.75, 3.05) is 0 Å². The minimum atomic E-state index is -1.96. The molecule has 0 radical (unpaired) electrons. The van der Waals surface area contributed by atoms with Crippen molar-refractivity contribution >= 4 is 0 Å². The van der Waals surface area contributed by atoms with Gasteiger partial charge in [0.25, 0.3) is 0 Å². The van der Waals surface area contributed by atoms with Gasteiger partial charge in [-0.3, -0.25) is 5.73 Å². The Balaban J connectivity index is 2.99. The minimum absolute atomic E-state index is 0.281. The zero-order valence-electron chi connectivity index (χ0n) is 10.0. The summed E-state index contributed by atoms with van der Waals surface area (Å²) < 4.78 is 0. The number of nitrogens with two attached hydrogens (primary N) is 1. The smallest absolute Gasteiger partial charge is 0.219 e. The number of unbranched alkanes of at least 4 members (excludes halogenated alkanes) is 8. The van der Waals surface area contributed by atoms with Crippen molar-refractivity contribution in [2.24, 2.45) is 5.73 Å². The molecule has 0 fully saturated rings. The zero-order chi connectivity index (χ0) is 11.6. The van der Waals surface area contributed by atoms with Crippen molar-refractivity contribution < 1.29 is 10.2 Å². The van der Waals surface area contributed by atoms with Gasteiger partial charge < -0.3 is 10.2 Å². The Morgan fingerprint density at radius 1 is 0.800 bits per heavy atom. The first-order valence-electron chi connectivity index (χ1n) is 6.30. The van der Waals surface area contributed by atoms with Crippen molar-refractivity contribution in [3.63, 3.8) is 0 Å². The standard InChI is InChI=1S/C12H27NO2/c1-2-3-4-5-6-7-8-9-10-11-12(13,14)15/h14-15H,2-11,13H2,1H3. The fraction of sp³-hybridized carbons (Fsp3) is 1.00. The summed E-state index contributed by atoms with van der Waals surface area (Å²) in [6, 6.07) is 0. The van der Waals surface area contributed by atoms with Crippen molar-refractivity contribution in [3.05, 3.63) is 0 Å². The predicted octanol–water partition coefficient (Wildman–Crippen LogP) is 2.50. The first-order chi connectivity index (χ1) is 7.06. The van der Waals surface area contributed by atoms with Crippen molar-refractivity contribution in [2.45, 2.75) is 77.0 Å². The van der Waals surface area contributed by atoms with Gasteiger partial charge in [-0.1, -0.05) is 58.3 Å². The fourth-order valence-corrected chi connectivity index (χ4v) is 1.70. The Morgan fingerprint density at radius 3 is 1.60 bits per heavy atom. The molecule has 0 rings (SSSR count). The maximum atomic E-state index is 8.85. The Kier molecular flexibility index (Phi) is 9.06. The molecular formula is C12H27NO2. The van der Waals surface area contributed by atoms with E-state index < -0.39 is 5.91 Å². The van der Waals surface area contributed by atoms with E-state index in [-0.39, 0.29) is 6.42 Å². The fourth-order valence-electron chi connectivity index (χ4n) is 1.70. The third kappa shape index (κ3) is 13.9. The van der Waals surface area contributed by atoms with Gasteiger partial charge in [0.05, 0.1) is 0 Å². The van der Waals surface area contributed by atoms with E-state index in [4.69, 9.17) is 15.9 Å². The second kappa shape index (κ2) is 9.13. The average Bonchev–Trinajstić information content (AvgIpc) is 2.14. The molecule has 0 spiro atoms. The quantitative estimate of drug-likeness (QED) is 0.389. The molecular weight excluding hydrogens is 190 g/mol. The van der Waals surface area contributed by atoms with Gasteiger partial charge in [-0.15, -0.1) is 0 Å². The monoisotopic (exact) mass is 217 g/mol. The molecule has 0 saturated carbocycles. The van der Waals surface area contributed by atoms with Gasteiger partial charge in [-0.05, 0) is 6.42 Å². The van der Waals surface area contributed by atoms with Crippen LogP contribution in [0.4, 0.5) is 0 Å². The van der Waals surface area contributed by atoms with Gasteiger partial charge in [0.2, 0.25) is 5.91 Å². The lowest BCUT2D eigenvalue weighted by atomic mass is 10.1. The third-order valence-corrected chi connectivity index (χ3v) is 2.65. The molecule has 0 amide bonds. The molecule has 3 nitrogen and oxygen atoms in total. The second-order valence-corrected chi connectivity index (χ2v) is 4.46. The minimum Gasteiger partial charge on any atom is -0.354 e. The molecule has 0 aromatic rings. The van der Waals surface area contributed by atoms with Gasteiger partial charge in [-0.25, -0.2) is 0 Å². The second-order valence-electron chi connectivity index (χ2n) is 4.46. The zero-order valence-corrected chi connectivity index (χ0v) is 10.0. The molecule has 0 aliphatic heterocycles. The summed E-state index contributed by atoms with van der Waals surface area (Å²) in [5, 5.41) is 17.7. The van der Waals surface area contributed by atoms with Crippen LogP contribution < -0.4 is 5.73 Å². The van der Waals surface area contributed by atoms with Crippen LogP contribution in [-0.2, 0) is 0 Å². The highest BCUT2D eigenvalue weighted by molar-refractivity contribution is 4.54. The van der Waals surface area contributed by atoms with Crippen LogP contribution in [0.15, 0.2) is 0 Å². The molecule has 0 aliphatic carbocycles. The summed E-state index contributed by atoms with van der Waals surface area (Å²) >= 11 is 0. The number of hydrogen-bond acceptors (Lipinski definition) is 3. The van der Waals surface area contributed by atoms with E-state index in [1.807, 2.05) is 0 Å². The van der Waals surface area contributed by atoms with Crippen LogP contribution in [0.25, 0.3) is 0 Å². The first-order valence-corrected chi connectivity index (χ1v) is 6.30. The van der Waals surface area contributed by atoms with Gasteiger partial charge in [0.15, 0.2) is 0 Å². The Hall–Kier alpha value is -0.120. The van der Waals surface area contributed by atoms with E-state index in [0.717, 1.165) is 12.8 Å². The Morgan fingerprint density at radius 2 is 1.20 bits per heavy atom. The van der Waals surface area contributed by atoms with E-state index in [9.17, 15) is 0 Å². The third-order valence-electron chi connectivity index (χ3n) is 2.65. The van der Waals surface area contributed by atoms with Gasteiger partial charge in [0, 0.05) is 6.42 Å². The lowest BCUT2D eigenvalue weighted by Crippen LogP contribution is -2.38. The Bertz CT molecular complexity index is 132. The molecule has 3 heteroatoms. The van der Waals surface area contributed by atoms with Crippen LogP contribution >= 0.6 is 0 Å². The maximum Gasteiger partial charge on any atom is 0.219 e. The van der Waals surface area contributed by atoms with Crippen LogP contribution in [-0.4, -0.2) is 16.1 Å². The molecule has 0 saturated heterocycles. The van der Waals surface area contributed by atoms with E-state index in [1.54, 1.807) is 0 Å². The normalized spacial score (nSPS) is 12.0. The van der Waals surface area contributed by atoms with Crippen LogP contribution in [0, 0.1) is 0 Å². The molecule has 0 aromatic heterocycles. The van der Waals surface area contributed by atoms with Crippen LogP contribution in [0.1, 0.15) is 71.1 Å². The summed E-state index contributed by atoms with van der Waals surface area (Å²) in [5.41, 5.74) is 5.04. The maximum absolute atomic E-state index is 8.85. The van der Waals surface area contributed by atoms with Crippen LogP contribution in [0.3, 0.4) is 0 Å². The molecule has 0 aromatic carbocycles. The molecule has 0 heterocycles. The summed E-state index contributed by atoms with van der Waals surface area (Å²) in [5.74, 6) is -1.96. The summed E-state index contributed by atoms with van der Waals surface area (Å²) in [6.45, 7) is 2.23. The Labute approximate surface area is 93.7 Å². The van der Waals surface area contributed by atoms with E-state index in [0.29, 0.717) is 0 Å². The van der Waals surface area contributed by atoms with E-state index in [2.05, 4.69) is 6.92 Å². The molecule has 0 aliphatic rings. The molecule has 92 valence electrons. The largest absolute Gasteiger partial charge is 0.354 e. The lowest BCUT2D eigenvalue weighted by Gasteiger charge is -2.14. The van der Waals surface area contributed by atoms with Crippen LogP contribution in [0.2, 0.25) is 0 Å². The summed E-state index contributed by atoms with van der Waals surface area (Å²) in [7, 11) is 0. The molecule has 0 unspecified atom stereocenters. The first kappa shape index (κ1) is 14.9. The van der Waals surface area contributed by atoms with Crippen LogP contribution in [0.5, 0.6) is 0 Å². The van der Waals surface area contributed by atoms with Gasteiger partial charge >= 0.3 is 0 Å². The molecule has 0 bridgehead atoms. The highest BCUT2D eigenvalue weighted by Crippen LogP contribution is 2.12.